The number of pyridine rings is 1. The van der Waals surface area contributed by atoms with Gasteiger partial charge < -0.3 is 9.88 Å². The number of aromatic nitrogens is 1. The molecule has 3 rings (SSSR count). The molecule has 3 aromatic rings. The Morgan fingerprint density at radius 1 is 1.00 bits per heavy atom. The molecule has 144 valence electrons. The van der Waals surface area contributed by atoms with E-state index < -0.39 is 17.6 Å². The smallest absolute Gasteiger partial charge is 0.321 e. The molecular formula is C20H14ClF3N2O2. The third kappa shape index (κ3) is 4.61. The molecule has 0 saturated carbocycles. The van der Waals surface area contributed by atoms with Gasteiger partial charge in [-0.25, -0.2) is 0 Å². The highest BCUT2D eigenvalue weighted by Crippen LogP contribution is 2.34. The number of carbonyl (C=O) groups excluding carboxylic acids is 1. The van der Waals surface area contributed by atoms with Crippen molar-refractivity contribution in [2.45, 2.75) is 12.7 Å². The number of para-hydroxylation sites is 1. The van der Waals surface area contributed by atoms with Gasteiger partial charge in [0, 0.05) is 17.3 Å². The van der Waals surface area contributed by atoms with E-state index in [-0.39, 0.29) is 23.4 Å². The number of nitrogens with zero attached hydrogens (tertiary/aromatic N) is 1. The fourth-order valence-electron chi connectivity index (χ4n) is 2.61. The molecule has 4 nitrogen and oxygen atoms in total. The fourth-order valence-corrected chi connectivity index (χ4v) is 2.74. The van der Waals surface area contributed by atoms with Crippen LogP contribution in [0.2, 0.25) is 5.02 Å². The zero-order valence-corrected chi connectivity index (χ0v) is 15.1. The highest BCUT2D eigenvalue weighted by molar-refractivity contribution is 6.30. The minimum absolute atomic E-state index is 0.0607. The Kier molecular flexibility index (Phi) is 5.56. The van der Waals surface area contributed by atoms with E-state index in [2.05, 4.69) is 5.32 Å². The summed E-state index contributed by atoms with van der Waals surface area (Å²) < 4.78 is 40.5. The summed E-state index contributed by atoms with van der Waals surface area (Å²) in [5.41, 5.74) is -0.799. The van der Waals surface area contributed by atoms with Gasteiger partial charge in [-0.3, -0.25) is 9.59 Å². The van der Waals surface area contributed by atoms with Crippen LogP contribution in [0.4, 0.5) is 18.9 Å². The first-order valence-corrected chi connectivity index (χ1v) is 8.54. The van der Waals surface area contributed by atoms with Gasteiger partial charge in [0.2, 0.25) is 0 Å². The average Bonchev–Trinajstić information content (AvgIpc) is 2.65. The summed E-state index contributed by atoms with van der Waals surface area (Å²) in [5.74, 6) is -0.749. The lowest BCUT2D eigenvalue weighted by Crippen LogP contribution is -2.23. The van der Waals surface area contributed by atoms with Gasteiger partial charge in [-0.05, 0) is 35.9 Å². The Balaban J connectivity index is 1.86. The normalized spacial score (nSPS) is 11.3. The average molecular weight is 407 g/mol. The minimum Gasteiger partial charge on any atom is -0.321 e. The highest BCUT2D eigenvalue weighted by atomic mass is 35.5. The number of alkyl halides is 3. The molecule has 0 saturated heterocycles. The van der Waals surface area contributed by atoms with Crippen molar-refractivity contribution in [2.75, 3.05) is 5.32 Å². The number of halogens is 4. The zero-order valence-electron chi connectivity index (χ0n) is 14.3. The molecule has 28 heavy (non-hydrogen) atoms. The van der Waals surface area contributed by atoms with E-state index in [0.29, 0.717) is 5.02 Å². The van der Waals surface area contributed by atoms with Crippen LogP contribution >= 0.6 is 11.6 Å². The largest absolute Gasteiger partial charge is 0.418 e. The second kappa shape index (κ2) is 7.90. The van der Waals surface area contributed by atoms with Crippen molar-refractivity contribution in [2.24, 2.45) is 0 Å². The Hall–Kier alpha value is -3.06. The van der Waals surface area contributed by atoms with Crippen LogP contribution in [0.3, 0.4) is 0 Å². The first kappa shape index (κ1) is 19.7. The SMILES string of the molecule is O=C(Nc1ccccc1C(F)(F)F)c1ccc(=O)n(Cc2ccc(Cl)cc2)c1. The summed E-state index contributed by atoms with van der Waals surface area (Å²) in [5, 5.41) is 2.81. The highest BCUT2D eigenvalue weighted by Gasteiger charge is 2.33. The number of anilines is 1. The van der Waals surface area contributed by atoms with Crippen LogP contribution in [0, 0.1) is 0 Å². The van der Waals surface area contributed by atoms with Crippen LogP contribution in [0.25, 0.3) is 0 Å². The molecule has 0 aliphatic heterocycles. The van der Waals surface area contributed by atoms with Crippen LogP contribution < -0.4 is 10.9 Å². The van der Waals surface area contributed by atoms with Crippen LogP contribution in [0.1, 0.15) is 21.5 Å². The van der Waals surface area contributed by atoms with Crippen LogP contribution in [-0.4, -0.2) is 10.5 Å². The Bertz CT molecular complexity index is 1060. The van der Waals surface area contributed by atoms with E-state index in [1.165, 1.54) is 41.1 Å². The predicted octanol–water partition coefficient (Wildman–Crippen LogP) is 4.82. The second-order valence-electron chi connectivity index (χ2n) is 6.01. The van der Waals surface area contributed by atoms with Gasteiger partial charge >= 0.3 is 6.18 Å². The quantitative estimate of drug-likeness (QED) is 0.675. The molecule has 1 aromatic heterocycles. The van der Waals surface area contributed by atoms with E-state index in [1.54, 1.807) is 24.3 Å². The van der Waals surface area contributed by atoms with Crippen LogP contribution in [0.5, 0.6) is 0 Å². The third-order valence-electron chi connectivity index (χ3n) is 3.99. The summed E-state index contributed by atoms with van der Waals surface area (Å²) in [4.78, 5) is 24.5. The minimum atomic E-state index is -4.60. The Morgan fingerprint density at radius 3 is 2.36 bits per heavy atom. The van der Waals surface area contributed by atoms with E-state index in [9.17, 15) is 22.8 Å². The lowest BCUT2D eigenvalue weighted by Gasteiger charge is -2.14. The predicted molar refractivity (Wildman–Crippen MR) is 101 cm³/mol. The molecule has 0 bridgehead atoms. The van der Waals surface area contributed by atoms with E-state index in [1.807, 2.05) is 0 Å². The summed E-state index contributed by atoms with van der Waals surface area (Å²) in [6, 6.07) is 14.0. The number of hydrogen-bond acceptors (Lipinski definition) is 2. The number of nitrogens with one attached hydrogen (secondary N) is 1. The summed E-state index contributed by atoms with van der Waals surface area (Å²) in [6.07, 6.45) is -3.29. The van der Waals surface area contributed by atoms with Gasteiger partial charge in [0.25, 0.3) is 11.5 Å². The number of carbonyl (C=O) groups is 1. The number of benzene rings is 2. The van der Waals surface area contributed by atoms with Crippen LogP contribution in [-0.2, 0) is 12.7 Å². The molecule has 0 unspecified atom stereocenters. The molecule has 1 N–H and O–H groups in total. The number of amides is 1. The van der Waals surface area contributed by atoms with Gasteiger partial charge in [-0.15, -0.1) is 0 Å². The van der Waals surface area contributed by atoms with E-state index in [0.717, 1.165) is 11.6 Å². The van der Waals surface area contributed by atoms with Crippen molar-refractivity contribution in [3.63, 3.8) is 0 Å². The maximum Gasteiger partial charge on any atom is 0.418 e. The maximum absolute atomic E-state index is 13.1. The molecule has 2 aromatic carbocycles. The van der Waals surface area contributed by atoms with Gasteiger partial charge in [0.1, 0.15) is 0 Å². The van der Waals surface area contributed by atoms with Crippen molar-refractivity contribution in [3.05, 3.63) is 98.9 Å². The molecule has 0 fully saturated rings. The summed E-state index contributed by atoms with van der Waals surface area (Å²) >= 11 is 5.83. The van der Waals surface area contributed by atoms with Gasteiger partial charge in [0.15, 0.2) is 0 Å². The molecule has 0 aliphatic rings. The maximum atomic E-state index is 13.1. The summed E-state index contributed by atoms with van der Waals surface area (Å²) in [7, 11) is 0. The molecule has 0 aliphatic carbocycles. The van der Waals surface area contributed by atoms with Crippen molar-refractivity contribution >= 4 is 23.2 Å². The Labute approximate surface area is 163 Å². The summed E-state index contributed by atoms with van der Waals surface area (Å²) in [6.45, 7) is 0.191. The first-order chi connectivity index (χ1) is 13.2. The second-order valence-corrected chi connectivity index (χ2v) is 6.44. The molecule has 1 heterocycles. The van der Waals surface area contributed by atoms with Gasteiger partial charge in [0.05, 0.1) is 23.4 Å². The van der Waals surface area contributed by atoms with Gasteiger partial charge in [-0.2, -0.15) is 13.2 Å². The van der Waals surface area contributed by atoms with Crippen LogP contribution in [0.15, 0.2) is 71.7 Å². The topological polar surface area (TPSA) is 51.1 Å². The fraction of sp³-hybridized carbons (Fsp3) is 0.100. The van der Waals surface area contributed by atoms with E-state index >= 15 is 0 Å². The van der Waals surface area contributed by atoms with Crippen molar-refractivity contribution < 1.29 is 18.0 Å². The number of rotatable bonds is 4. The molecular weight excluding hydrogens is 393 g/mol. The molecule has 0 atom stereocenters. The van der Waals surface area contributed by atoms with Crippen molar-refractivity contribution in [1.29, 1.82) is 0 Å². The monoisotopic (exact) mass is 406 g/mol. The first-order valence-electron chi connectivity index (χ1n) is 8.16. The zero-order chi connectivity index (χ0) is 20.3. The number of hydrogen-bond donors (Lipinski definition) is 1. The van der Waals surface area contributed by atoms with Gasteiger partial charge in [-0.1, -0.05) is 35.9 Å². The lowest BCUT2D eigenvalue weighted by molar-refractivity contribution is -0.136. The molecule has 1 amide bonds. The van der Waals surface area contributed by atoms with Crippen molar-refractivity contribution in [1.82, 2.24) is 4.57 Å². The molecule has 8 heteroatoms. The standard InChI is InChI=1S/C20H14ClF3N2O2/c21-15-8-5-13(6-9-15)11-26-12-14(7-10-18(26)27)19(28)25-17-4-2-1-3-16(17)20(22,23)24/h1-10,12H,11H2,(H,25,28). The molecule has 0 spiro atoms. The third-order valence-corrected chi connectivity index (χ3v) is 4.24. The lowest BCUT2D eigenvalue weighted by atomic mass is 10.1. The van der Waals surface area contributed by atoms with E-state index in [4.69, 9.17) is 11.6 Å². The molecule has 0 radical (unpaired) electrons. The van der Waals surface area contributed by atoms with Crippen molar-refractivity contribution in [3.8, 4) is 0 Å². The Morgan fingerprint density at radius 2 is 1.68 bits per heavy atom.